The predicted octanol–water partition coefficient (Wildman–Crippen LogP) is 3.62. The first-order valence-electron chi connectivity index (χ1n) is 11.8. The van der Waals surface area contributed by atoms with Crippen LogP contribution in [0.15, 0.2) is 78.9 Å². The van der Waals surface area contributed by atoms with Gasteiger partial charge in [-0.1, -0.05) is 66.7 Å². The molecule has 0 aliphatic carbocycles. The average molecular weight is 507 g/mol. The molecule has 4 N–H and O–H groups in total. The fourth-order valence-corrected chi connectivity index (χ4v) is 3.38. The molecule has 194 valence electrons. The highest BCUT2D eigenvalue weighted by Crippen LogP contribution is 2.28. The Morgan fingerprint density at radius 1 is 0.838 bits per heavy atom. The van der Waals surface area contributed by atoms with Gasteiger partial charge < -0.3 is 30.4 Å². The van der Waals surface area contributed by atoms with Gasteiger partial charge in [-0.15, -0.1) is 0 Å². The Labute approximate surface area is 215 Å². The van der Waals surface area contributed by atoms with Crippen molar-refractivity contribution < 1.29 is 33.7 Å². The van der Waals surface area contributed by atoms with E-state index in [-0.39, 0.29) is 31.8 Å². The molecule has 3 rings (SSSR count). The number of amides is 2. The zero-order valence-corrected chi connectivity index (χ0v) is 20.3. The number of nitrogens with one attached hydrogen (secondary N) is 1. The molecule has 0 saturated heterocycles. The number of benzene rings is 3. The number of hydrogen-bond acceptors (Lipinski definition) is 7. The van der Waals surface area contributed by atoms with E-state index in [1.54, 1.807) is 24.3 Å². The summed E-state index contributed by atoms with van der Waals surface area (Å²) in [6.07, 6.45) is -0.604. The topological polar surface area (TPSA) is 137 Å². The van der Waals surface area contributed by atoms with Crippen molar-refractivity contribution in [3.8, 4) is 11.5 Å². The number of carbonyl (C=O) groups is 3. The minimum absolute atomic E-state index is 0.00130. The third-order valence-electron chi connectivity index (χ3n) is 5.37. The summed E-state index contributed by atoms with van der Waals surface area (Å²) in [5.41, 5.74) is 7.72. The van der Waals surface area contributed by atoms with Gasteiger partial charge in [-0.25, -0.2) is 9.59 Å². The van der Waals surface area contributed by atoms with Gasteiger partial charge in [0.2, 0.25) is 5.91 Å². The molecule has 0 fully saturated rings. The van der Waals surface area contributed by atoms with Crippen LogP contribution >= 0.6 is 0 Å². The zero-order chi connectivity index (χ0) is 26.5. The van der Waals surface area contributed by atoms with Crippen molar-refractivity contribution >= 4 is 18.0 Å². The number of hydrogen-bond donors (Lipinski definition) is 3. The lowest BCUT2D eigenvalue weighted by Crippen LogP contribution is -2.42. The van der Waals surface area contributed by atoms with Gasteiger partial charge in [0.15, 0.2) is 11.5 Å². The van der Waals surface area contributed by atoms with E-state index in [9.17, 15) is 19.5 Å². The third-order valence-corrected chi connectivity index (χ3v) is 5.37. The highest BCUT2D eigenvalue weighted by Gasteiger charge is 2.23. The molecule has 0 aliphatic rings. The van der Waals surface area contributed by atoms with Crippen LogP contribution in [0.4, 0.5) is 4.79 Å². The number of primary amides is 1. The highest BCUT2D eigenvalue weighted by molar-refractivity contribution is 5.82. The van der Waals surface area contributed by atoms with E-state index in [1.807, 2.05) is 48.5 Å². The van der Waals surface area contributed by atoms with Gasteiger partial charge in [0.05, 0.1) is 6.61 Å². The quantitative estimate of drug-likeness (QED) is 0.301. The number of phenolic OH excluding ortho intramolecular Hbond substituents is 1. The summed E-state index contributed by atoms with van der Waals surface area (Å²) >= 11 is 0. The lowest BCUT2D eigenvalue weighted by molar-refractivity contribution is -0.146. The maximum Gasteiger partial charge on any atom is 0.408 e. The van der Waals surface area contributed by atoms with Gasteiger partial charge in [0.25, 0.3) is 0 Å². The third kappa shape index (κ3) is 9.56. The van der Waals surface area contributed by atoms with Crippen molar-refractivity contribution in [3.05, 3.63) is 95.6 Å². The number of aromatic hydroxyl groups is 1. The largest absolute Gasteiger partial charge is 0.504 e. The number of esters is 1. The molecular formula is C28H30N2O7. The minimum atomic E-state index is -1.10. The van der Waals surface area contributed by atoms with Crippen molar-refractivity contribution in [1.82, 2.24) is 5.32 Å². The first kappa shape index (κ1) is 27.1. The van der Waals surface area contributed by atoms with Crippen LogP contribution in [0.1, 0.15) is 29.5 Å². The minimum Gasteiger partial charge on any atom is -0.504 e. The van der Waals surface area contributed by atoms with Crippen LogP contribution in [0.2, 0.25) is 0 Å². The fourth-order valence-electron chi connectivity index (χ4n) is 3.38. The van der Waals surface area contributed by atoms with E-state index in [4.69, 9.17) is 19.9 Å². The molecule has 2 amide bonds. The Hall–Kier alpha value is -4.53. The van der Waals surface area contributed by atoms with Gasteiger partial charge in [-0.05, 0) is 35.2 Å². The second-order valence-corrected chi connectivity index (χ2v) is 8.26. The van der Waals surface area contributed by atoms with Gasteiger partial charge in [-0.3, -0.25) is 4.79 Å². The Morgan fingerprint density at radius 3 is 2.14 bits per heavy atom. The lowest BCUT2D eigenvalue weighted by Gasteiger charge is -2.17. The molecule has 9 heteroatoms. The second-order valence-electron chi connectivity index (χ2n) is 8.26. The Kier molecular flexibility index (Phi) is 10.3. The molecule has 3 aromatic rings. The van der Waals surface area contributed by atoms with Crippen LogP contribution in [0.5, 0.6) is 11.5 Å². The van der Waals surface area contributed by atoms with E-state index in [0.29, 0.717) is 18.8 Å². The molecule has 0 spiro atoms. The van der Waals surface area contributed by atoms with Crippen LogP contribution in [-0.2, 0) is 38.7 Å². The average Bonchev–Trinajstić information content (AvgIpc) is 2.91. The summed E-state index contributed by atoms with van der Waals surface area (Å²) in [6, 6.07) is 22.4. The molecule has 37 heavy (non-hydrogen) atoms. The van der Waals surface area contributed by atoms with Crippen LogP contribution in [0.3, 0.4) is 0 Å². The maximum absolute atomic E-state index is 12.6. The van der Waals surface area contributed by atoms with Crippen LogP contribution < -0.4 is 15.8 Å². The monoisotopic (exact) mass is 506 g/mol. The van der Waals surface area contributed by atoms with Gasteiger partial charge >= 0.3 is 12.1 Å². The van der Waals surface area contributed by atoms with Crippen molar-refractivity contribution in [2.75, 3.05) is 6.61 Å². The van der Waals surface area contributed by atoms with Crippen LogP contribution in [-0.4, -0.2) is 35.7 Å². The van der Waals surface area contributed by atoms with Crippen molar-refractivity contribution in [1.29, 1.82) is 0 Å². The molecule has 9 nitrogen and oxygen atoms in total. The Bertz CT molecular complexity index is 1170. The summed E-state index contributed by atoms with van der Waals surface area (Å²) in [4.78, 5) is 36.1. The van der Waals surface area contributed by atoms with Gasteiger partial charge in [-0.2, -0.15) is 0 Å². The molecule has 0 saturated carbocycles. The number of phenols is 1. The summed E-state index contributed by atoms with van der Waals surface area (Å²) in [6.45, 7) is 0.329. The van der Waals surface area contributed by atoms with Crippen molar-refractivity contribution in [2.45, 2.75) is 38.5 Å². The van der Waals surface area contributed by atoms with E-state index >= 15 is 0 Å². The first-order chi connectivity index (χ1) is 17.9. The molecule has 0 unspecified atom stereocenters. The molecule has 3 aromatic carbocycles. The molecule has 0 aromatic heterocycles. The smallest absolute Gasteiger partial charge is 0.408 e. The number of carbonyl (C=O) groups excluding carboxylic acids is 3. The molecular weight excluding hydrogens is 476 g/mol. The SMILES string of the molecule is NC(=O)CC[C@H](NC(=O)OCc1ccccc1)C(=O)OCCc1ccc(O)c(OCc2ccccc2)c1. The standard InChI is InChI=1S/C28H30N2O7/c29-26(32)14-12-23(30-28(34)37-19-22-9-5-2-6-10-22)27(33)35-16-15-20-11-13-24(31)25(17-20)36-18-21-7-3-1-4-8-21/h1-11,13,17,23,31H,12,14-16,18-19H2,(H2,29,32)(H,30,34)/t23-/m0/s1. The van der Waals surface area contributed by atoms with E-state index in [1.165, 1.54) is 6.07 Å². The van der Waals surface area contributed by atoms with Crippen LogP contribution in [0, 0.1) is 0 Å². The fraction of sp³-hybridized carbons (Fsp3) is 0.250. The normalized spacial score (nSPS) is 11.2. The van der Waals surface area contributed by atoms with Crippen LogP contribution in [0.25, 0.3) is 0 Å². The summed E-state index contributed by atoms with van der Waals surface area (Å²) in [5.74, 6) is -1.00. The van der Waals surface area contributed by atoms with Gasteiger partial charge in [0.1, 0.15) is 19.3 Å². The number of alkyl carbamates (subject to hydrolysis) is 1. The lowest BCUT2D eigenvalue weighted by atomic mass is 10.1. The van der Waals surface area contributed by atoms with E-state index < -0.39 is 24.0 Å². The van der Waals surface area contributed by atoms with Crippen molar-refractivity contribution in [3.63, 3.8) is 0 Å². The Morgan fingerprint density at radius 2 is 1.49 bits per heavy atom. The summed E-state index contributed by atoms with van der Waals surface area (Å²) in [7, 11) is 0. The molecule has 1 atom stereocenters. The molecule has 0 heterocycles. The second kappa shape index (κ2) is 14.1. The number of nitrogens with two attached hydrogens (primary N) is 1. The zero-order valence-electron chi connectivity index (χ0n) is 20.3. The maximum atomic E-state index is 12.6. The predicted molar refractivity (Wildman–Crippen MR) is 136 cm³/mol. The van der Waals surface area contributed by atoms with E-state index in [2.05, 4.69) is 5.32 Å². The molecule has 0 bridgehead atoms. The first-order valence-corrected chi connectivity index (χ1v) is 11.8. The summed E-state index contributed by atoms with van der Waals surface area (Å²) in [5, 5.41) is 12.5. The number of ether oxygens (including phenoxy) is 3. The van der Waals surface area contributed by atoms with Gasteiger partial charge in [0, 0.05) is 12.8 Å². The van der Waals surface area contributed by atoms with E-state index in [0.717, 1.165) is 16.7 Å². The van der Waals surface area contributed by atoms with Crippen molar-refractivity contribution in [2.24, 2.45) is 5.73 Å². The summed E-state index contributed by atoms with van der Waals surface area (Å²) < 4.78 is 16.2. The molecule has 0 aliphatic heterocycles. The number of rotatable bonds is 13. The Balaban J connectivity index is 1.50. The molecule has 0 radical (unpaired) electrons. The highest BCUT2D eigenvalue weighted by atomic mass is 16.6.